The number of fused-ring (bicyclic) bond motifs is 1. The van der Waals surface area contributed by atoms with Gasteiger partial charge in [-0.25, -0.2) is 0 Å². The first-order valence-corrected chi connectivity index (χ1v) is 8.00. The number of anilines is 1. The molecule has 2 aromatic carbocycles. The summed E-state index contributed by atoms with van der Waals surface area (Å²) in [6.45, 7) is 2.89. The Morgan fingerprint density at radius 3 is 2.65 bits per heavy atom. The zero-order valence-corrected chi connectivity index (χ0v) is 14.2. The van der Waals surface area contributed by atoms with E-state index in [0.717, 1.165) is 10.0 Å². The van der Waals surface area contributed by atoms with Gasteiger partial charge < -0.3 is 19.5 Å². The van der Waals surface area contributed by atoms with Crippen LogP contribution in [-0.2, 0) is 4.79 Å². The van der Waals surface area contributed by atoms with E-state index in [-0.39, 0.29) is 12.5 Å². The minimum atomic E-state index is -0.245. The Balaban J connectivity index is 1.65. The van der Waals surface area contributed by atoms with Crippen LogP contribution in [-0.4, -0.2) is 25.7 Å². The van der Waals surface area contributed by atoms with Gasteiger partial charge in [-0.15, -0.1) is 0 Å². The van der Waals surface area contributed by atoms with Crippen LogP contribution in [0.3, 0.4) is 0 Å². The fourth-order valence-corrected chi connectivity index (χ4v) is 2.63. The van der Waals surface area contributed by atoms with E-state index in [1.807, 2.05) is 31.2 Å². The summed E-state index contributed by atoms with van der Waals surface area (Å²) >= 11 is 3.42. The van der Waals surface area contributed by atoms with Crippen molar-refractivity contribution in [1.82, 2.24) is 0 Å². The average Bonchev–Trinajstić information content (AvgIpc) is 2.55. The molecule has 6 heteroatoms. The Morgan fingerprint density at radius 2 is 1.91 bits per heavy atom. The highest BCUT2D eigenvalue weighted by atomic mass is 79.9. The van der Waals surface area contributed by atoms with Crippen molar-refractivity contribution in [1.29, 1.82) is 0 Å². The number of carbonyl (C=O) groups is 1. The van der Waals surface area contributed by atoms with Gasteiger partial charge in [-0.05, 0) is 34.5 Å². The van der Waals surface area contributed by atoms with Crippen LogP contribution in [0.2, 0.25) is 0 Å². The van der Waals surface area contributed by atoms with Gasteiger partial charge in [-0.3, -0.25) is 4.79 Å². The Hall–Kier alpha value is -2.21. The van der Waals surface area contributed by atoms with Crippen LogP contribution >= 0.6 is 15.9 Å². The van der Waals surface area contributed by atoms with Gasteiger partial charge in [-0.1, -0.05) is 18.2 Å². The Bertz CT molecular complexity index is 733. The molecule has 1 heterocycles. The number of nitrogens with one attached hydrogen (secondary N) is 1. The fourth-order valence-electron chi connectivity index (χ4n) is 2.21. The normalized spacial score (nSPS) is 12.6. The molecule has 5 nitrogen and oxygen atoms in total. The lowest BCUT2D eigenvalue weighted by atomic mass is 10.2. The van der Waals surface area contributed by atoms with Crippen LogP contribution in [0.15, 0.2) is 40.9 Å². The van der Waals surface area contributed by atoms with Crippen LogP contribution in [0.4, 0.5) is 5.69 Å². The van der Waals surface area contributed by atoms with E-state index in [2.05, 4.69) is 21.2 Å². The van der Waals surface area contributed by atoms with Gasteiger partial charge in [0.05, 0.1) is 5.69 Å². The summed E-state index contributed by atoms with van der Waals surface area (Å²) in [7, 11) is 0. The zero-order valence-electron chi connectivity index (χ0n) is 12.6. The second-order valence-corrected chi connectivity index (χ2v) is 5.93. The zero-order chi connectivity index (χ0) is 16.2. The summed E-state index contributed by atoms with van der Waals surface area (Å²) in [4.78, 5) is 12.1. The van der Waals surface area contributed by atoms with Crippen molar-refractivity contribution in [2.75, 3.05) is 25.1 Å². The molecule has 1 amide bonds. The molecule has 0 unspecified atom stereocenters. The van der Waals surface area contributed by atoms with Crippen molar-refractivity contribution in [2.45, 2.75) is 6.92 Å². The Kier molecular flexibility index (Phi) is 4.71. The largest absolute Gasteiger partial charge is 0.486 e. The van der Waals surface area contributed by atoms with Crippen LogP contribution < -0.4 is 19.5 Å². The molecule has 0 saturated carbocycles. The number of amides is 1. The van der Waals surface area contributed by atoms with Crippen molar-refractivity contribution in [3.05, 3.63) is 46.4 Å². The third-order valence-corrected chi connectivity index (χ3v) is 4.01. The van der Waals surface area contributed by atoms with Crippen molar-refractivity contribution >= 4 is 27.5 Å². The SMILES string of the molecule is Cc1ccccc1OCC(=O)Nc1cc2c(cc1Br)OCCO2. The standard InChI is InChI=1S/C17H16BrNO4/c1-11-4-2-3-5-14(11)23-10-17(20)19-13-9-16-15(8-12(13)18)21-6-7-22-16/h2-5,8-9H,6-7,10H2,1H3,(H,19,20). The summed E-state index contributed by atoms with van der Waals surface area (Å²) in [5.41, 5.74) is 1.61. The van der Waals surface area contributed by atoms with Crippen LogP contribution in [0.25, 0.3) is 0 Å². The van der Waals surface area contributed by atoms with Gasteiger partial charge in [-0.2, -0.15) is 0 Å². The molecular formula is C17H16BrNO4. The lowest BCUT2D eigenvalue weighted by molar-refractivity contribution is -0.118. The van der Waals surface area contributed by atoms with Gasteiger partial charge in [0.15, 0.2) is 18.1 Å². The highest BCUT2D eigenvalue weighted by Gasteiger charge is 2.16. The predicted molar refractivity (Wildman–Crippen MR) is 90.4 cm³/mol. The maximum absolute atomic E-state index is 12.1. The van der Waals surface area contributed by atoms with E-state index in [1.54, 1.807) is 12.1 Å². The number of ether oxygens (including phenoxy) is 3. The van der Waals surface area contributed by atoms with E-state index in [0.29, 0.717) is 36.1 Å². The summed E-state index contributed by atoms with van der Waals surface area (Å²) in [5.74, 6) is 1.74. The number of para-hydroxylation sites is 1. The molecule has 3 rings (SSSR count). The molecule has 23 heavy (non-hydrogen) atoms. The maximum atomic E-state index is 12.1. The fraction of sp³-hybridized carbons (Fsp3) is 0.235. The van der Waals surface area contributed by atoms with Gasteiger partial charge in [0, 0.05) is 16.6 Å². The molecule has 0 radical (unpaired) electrons. The average molecular weight is 378 g/mol. The Morgan fingerprint density at radius 1 is 1.22 bits per heavy atom. The molecule has 0 spiro atoms. The molecule has 120 valence electrons. The number of hydrogen-bond donors (Lipinski definition) is 1. The molecule has 0 atom stereocenters. The summed E-state index contributed by atoms with van der Waals surface area (Å²) in [6, 6.07) is 11.1. The minimum absolute atomic E-state index is 0.0638. The van der Waals surface area contributed by atoms with Crippen LogP contribution in [0.1, 0.15) is 5.56 Å². The molecule has 1 aliphatic rings. The van der Waals surface area contributed by atoms with Gasteiger partial charge >= 0.3 is 0 Å². The smallest absolute Gasteiger partial charge is 0.262 e. The molecule has 2 aromatic rings. The molecule has 0 aliphatic carbocycles. The van der Waals surface area contributed by atoms with E-state index < -0.39 is 0 Å². The van der Waals surface area contributed by atoms with Crippen LogP contribution in [0, 0.1) is 6.92 Å². The first kappa shape index (κ1) is 15.7. The third kappa shape index (κ3) is 3.76. The minimum Gasteiger partial charge on any atom is -0.486 e. The van der Waals surface area contributed by atoms with Crippen molar-refractivity contribution < 1.29 is 19.0 Å². The number of hydrogen-bond acceptors (Lipinski definition) is 4. The quantitative estimate of drug-likeness (QED) is 0.884. The predicted octanol–water partition coefficient (Wildman–Crippen LogP) is 3.55. The molecule has 0 saturated heterocycles. The van der Waals surface area contributed by atoms with Crippen LogP contribution in [0.5, 0.6) is 17.2 Å². The first-order chi connectivity index (χ1) is 11.1. The molecule has 0 bridgehead atoms. The lowest BCUT2D eigenvalue weighted by Crippen LogP contribution is -2.21. The van der Waals surface area contributed by atoms with E-state index in [4.69, 9.17) is 14.2 Å². The molecule has 1 aliphatic heterocycles. The van der Waals surface area contributed by atoms with Gasteiger partial charge in [0.2, 0.25) is 0 Å². The van der Waals surface area contributed by atoms with E-state index in [1.165, 1.54) is 0 Å². The maximum Gasteiger partial charge on any atom is 0.262 e. The highest BCUT2D eigenvalue weighted by molar-refractivity contribution is 9.10. The number of rotatable bonds is 4. The monoisotopic (exact) mass is 377 g/mol. The molecule has 1 N–H and O–H groups in total. The van der Waals surface area contributed by atoms with Crippen molar-refractivity contribution in [2.24, 2.45) is 0 Å². The molecule has 0 aromatic heterocycles. The first-order valence-electron chi connectivity index (χ1n) is 7.21. The summed E-state index contributed by atoms with van der Waals surface area (Å²) in [5, 5.41) is 2.80. The summed E-state index contributed by atoms with van der Waals surface area (Å²) < 4.78 is 17.3. The van der Waals surface area contributed by atoms with E-state index >= 15 is 0 Å². The van der Waals surface area contributed by atoms with Gasteiger partial charge in [0.1, 0.15) is 19.0 Å². The number of aryl methyl sites for hydroxylation is 1. The van der Waals surface area contributed by atoms with Crippen molar-refractivity contribution in [3.8, 4) is 17.2 Å². The van der Waals surface area contributed by atoms with Gasteiger partial charge in [0.25, 0.3) is 5.91 Å². The van der Waals surface area contributed by atoms with E-state index in [9.17, 15) is 4.79 Å². The van der Waals surface area contributed by atoms with Crippen molar-refractivity contribution in [3.63, 3.8) is 0 Å². The second kappa shape index (κ2) is 6.91. The molecular weight excluding hydrogens is 362 g/mol. The second-order valence-electron chi connectivity index (χ2n) is 5.08. The number of benzene rings is 2. The number of halogens is 1. The number of carbonyl (C=O) groups excluding carboxylic acids is 1. The summed E-state index contributed by atoms with van der Waals surface area (Å²) in [6.07, 6.45) is 0. The molecule has 0 fully saturated rings. The topological polar surface area (TPSA) is 56.8 Å². The Labute approximate surface area is 142 Å². The lowest BCUT2D eigenvalue weighted by Gasteiger charge is -2.20. The third-order valence-electron chi connectivity index (χ3n) is 3.36. The highest BCUT2D eigenvalue weighted by Crippen LogP contribution is 2.38.